The Morgan fingerprint density at radius 1 is 1.19 bits per heavy atom. The van der Waals surface area contributed by atoms with Crippen molar-refractivity contribution in [1.82, 2.24) is 5.32 Å². The minimum Gasteiger partial charge on any atom is -0.365 e. The van der Waals surface area contributed by atoms with Crippen LogP contribution in [0.2, 0.25) is 0 Å². The number of rotatable bonds is 3. The molecule has 2 aliphatic rings. The van der Waals surface area contributed by atoms with Crippen LogP contribution in [0.3, 0.4) is 0 Å². The Bertz CT molecular complexity index is 463. The molecule has 0 radical (unpaired) electrons. The van der Waals surface area contributed by atoms with Gasteiger partial charge in [0.1, 0.15) is 0 Å². The molecule has 1 unspecified atom stereocenters. The van der Waals surface area contributed by atoms with Crippen molar-refractivity contribution in [2.45, 2.75) is 56.0 Å². The molecule has 1 aromatic carbocycles. The summed E-state index contributed by atoms with van der Waals surface area (Å²) >= 11 is 1.82. The van der Waals surface area contributed by atoms with Crippen LogP contribution in [-0.4, -0.2) is 30.9 Å². The quantitative estimate of drug-likeness (QED) is 0.844. The second-order valence-electron chi connectivity index (χ2n) is 7.01. The van der Waals surface area contributed by atoms with Crippen molar-refractivity contribution in [3.8, 4) is 0 Å². The zero-order valence-electron chi connectivity index (χ0n) is 13.6. The largest absolute Gasteiger partial charge is 0.365 e. The van der Waals surface area contributed by atoms with Crippen LogP contribution in [0, 0.1) is 5.92 Å². The molecule has 1 aliphatic carbocycles. The molecule has 3 heteroatoms. The number of nitrogens with zero attached hydrogens (tertiary/aromatic N) is 1. The molecule has 3 rings (SSSR count). The van der Waals surface area contributed by atoms with Crippen molar-refractivity contribution in [1.29, 1.82) is 0 Å². The summed E-state index contributed by atoms with van der Waals surface area (Å²) in [5, 5.41) is 3.90. The van der Waals surface area contributed by atoms with E-state index in [0.29, 0.717) is 17.5 Å². The molecule has 0 aromatic heterocycles. The van der Waals surface area contributed by atoms with Gasteiger partial charge in [-0.15, -0.1) is 11.8 Å². The molecule has 2 nitrogen and oxygen atoms in total. The third-order valence-electron chi connectivity index (χ3n) is 5.29. The molecule has 1 aromatic rings. The molecule has 1 saturated heterocycles. The summed E-state index contributed by atoms with van der Waals surface area (Å²) in [5.41, 5.74) is 1.78. The van der Waals surface area contributed by atoms with Crippen LogP contribution in [0.15, 0.2) is 29.2 Å². The number of piperazine rings is 1. The van der Waals surface area contributed by atoms with E-state index in [4.69, 9.17) is 0 Å². The normalized spacial score (nSPS) is 25.0. The third-order valence-corrected chi connectivity index (χ3v) is 6.04. The molecule has 21 heavy (non-hydrogen) atoms. The van der Waals surface area contributed by atoms with Gasteiger partial charge in [0, 0.05) is 35.3 Å². The van der Waals surface area contributed by atoms with Crippen molar-refractivity contribution in [3.63, 3.8) is 0 Å². The van der Waals surface area contributed by atoms with Crippen molar-refractivity contribution >= 4 is 17.4 Å². The van der Waals surface area contributed by atoms with E-state index in [1.54, 1.807) is 0 Å². The first-order chi connectivity index (χ1) is 10.1. The standard InChI is InChI=1S/C18H28N2S/c1-14(2)17-12-19-18(10-4-5-11-18)13-20(17)15-6-8-16(21-3)9-7-15/h6-9,14,17,19H,4-5,10-13H2,1-3H3. The van der Waals surface area contributed by atoms with Crippen LogP contribution in [0.25, 0.3) is 0 Å². The molecule has 1 aliphatic heterocycles. The smallest absolute Gasteiger partial charge is 0.0438 e. The Labute approximate surface area is 133 Å². The second-order valence-corrected chi connectivity index (χ2v) is 7.89. The highest BCUT2D eigenvalue weighted by Crippen LogP contribution is 2.36. The topological polar surface area (TPSA) is 15.3 Å². The maximum atomic E-state index is 3.90. The fourth-order valence-corrected chi connectivity index (χ4v) is 4.38. The highest BCUT2D eigenvalue weighted by Gasteiger charge is 2.41. The second kappa shape index (κ2) is 6.21. The lowest BCUT2D eigenvalue weighted by Gasteiger charge is -2.49. The van der Waals surface area contributed by atoms with Crippen molar-refractivity contribution < 1.29 is 0 Å². The minimum absolute atomic E-state index is 0.379. The third kappa shape index (κ3) is 3.09. The number of hydrogen-bond acceptors (Lipinski definition) is 3. The molecule has 2 fully saturated rings. The van der Waals surface area contributed by atoms with Crippen LogP contribution in [0.1, 0.15) is 39.5 Å². The fraction of sp³-hybridized carbons (Fsp3) is 0.667. The van der Waals surface area contributed by atoms with E-state index in [2.05, 4.69) is 54.6 Å². The summed E-state index contributed by atoms with van der Waals surface area (Å²) in [7, 11) is 0. The lowest BCUT2D eigenvalue weighted by molar-refractivity contribution is 0.245. The van der Waals surface area contributed by atoms with E-state index in [1.807, 2.05) is 11.8 Å². The van der Waals surface area contributed by atoms with E-state index in [0.717, 1.165) is 6.54 Å². The molecule has 1 spiro atoms. The van der Waals surface area contributed by atoms with Crippen molar-refractivity contribution in [3.05, 3.63) is 24.3 Å². The lowest BCUT2D eigenvalue weighted by atomic mass is 9.88. The SMILES string of the molecule is CSc1ccc(N2CC3(CCCC3)NCC2C(C)C)cc1. The van der Waals surface area contributed by atoms with Gasteiger partial charge in [0.15, 0.2) is 0 Å². The number of hydrogen-bond donors (Lipinski definition) is 1. The van der Waals surface area contributed by atoms with Gasteiger partial charge >= 0.3 is 0 Å². The van der Waals surface area contributed by atoms with Gasteiger partial charge in [-0.05, 0) is 49.3 Å². The van der Waals surface area contributed by atoms with E-state index in [1.165, 1.54) is 42.8 Å². The van der Waals surface area contributed by atoms with Crippen molar-refractivity contribution in [2.24, 2.45) is 5.92 Å². The van der Waals surface area contributed by atoms with Gasteiger partial charge in [-0.3, -0.25) is 0 Å². The number of thioether (sulfide) groups is 1. The average molecular weight is 305 g/mol. The van der Waals surface area contributed by atoms with E-state index in [9.17, 15) is 0 Å². The van der Waals surface area contributed by atoms with Gasteiger partial charge in [-0.1, -0.05) is 26.7 Å². The Kier molecular flexibility index (Phi) is 4.51. The number of nitrogens with one attached hydrogen (secondary N) is 1. The first kappa shape index (κ1) is 15.2. The molecule has 1 N–H and O–H groups in total. The number of anilines is 1. The van der Waals surface area contributed by atoms with Gasteiger partial charge < -0.3 is 10.2 Å². The maximum absolute atomic E-state index is 3.90. The molecular weight excluding hydrogens is 276 g/mol. The Morgan fingerprint density at radius 2 is 1.86 bits per heavy atom. The molecule has 0 bridgehead atoms. The predicted octanol–water partition coefficient (Wildman–Crippen LogP) is 4.16. The monoisotopic (exact) mass is 304 g/mol. The molecule has 1 atom stereocenters. The summed E-state index contributed by atoms with van der Waals surface area (Å²) in [6.07, 6.45) is 7.61. The first-order valence-electron chi connectivity index (χ1n) is 8.29. The maximum Gasteiger partial charge on any atom is 0.0438 e. The van der Waals surface area contributed by atoms with Gasteiger partial charge in [0.2, 0.25) is 0 Å². The summed E-state index contributed by atoms with van der Waals surface area (Å²) in [5.74, 6) is 0.677. The van der Waals surface area contributed by atoms with Crippen LogP contribution < -0.4 is 10.2 Å². The Morgan fingerprint density at radius 3 is 2.43 bits per heavy atom. The van der Waals surface area contributed by atoms with Gasteiger partial charge in [-0.2, -0.15) is 0 Å². The summed E-state index contributed by atoms with van der Waals surface area (Å²) in [4.78, 5) is 4.03. The van der Waals surface area contributed by atoms with Crippen LogP contribution in [0.5, 0.6) is 0 Å². The molecule has 1 heterocycles. The lowest BCUT2D eigenvalue weighted by Crippen LogP contribution is -2.64. The fourth-order valence-electron chi connectivity index (χ4n) is 3.97. The molecule has 0 amide bonds. The predicted molar refractivity (Wildman–Crippen MR) is 93.4 cm³/mol. The summed E-state index contributed by atoms with van der Waals surface area (Å²) in [6, 6.07) is 9.77. The van der Waals surface area contributed by atoms with Crippen LogP contribution >= 0.6 is 11.8 Å². The summed E-state index contributed by atoms with van der Waals surface area (Å²) in [6.45, 7) is 7.00. The zero-order chi connectivity index (χ0) is 14.9. The number of benzene rings is 1. The van der Waals surface area contributed by atoms with Crippen LogP contribution in [-0.2, 0) is 0 Å². The molecule has 1 saturated carbocycles. The Balaban J connectivity index is 1.85. The highest BCUT2D eigenvalue weighted by molar-refractivity contribution is 7.98. The van der Waals surface area contributed by atoms with Crippen LogP contribution in [0.4, 0.5) is 5.69 Å². The average Bonchev–Trinajstić information content (AvgIpc) is 2.95. The van der Waals surface area contributed by atoms with E-state index >= 15 is 0 Å². The van der Waals surface area contributed by atoms with Gasteiger partial charge in [0.25, 0.3) is 0 Å². The zero-order valence-corrected chi connectivity index (χ0v) is 14.4. The summed E-state index contributed by atoms with van der Waals surface area (Å²) < 4.78 is 0. The van der Waals surface area contributed by atoms with Crippen molar-refractivity contribution in [2.75, 3.05) is 24.2 Å². The molecular formula is C18H28N2S. The van der Waals surface area contributed by atoms with E-state index in [-0.39, 0.29) is 0 Å². The van der Waals surface area contributed by atoms with Gasteiger partial charge in [0.05, 0.1) is 0 Å². The first-order valence-corrected chi connectivity index (χ1v) is 9.52. The highest BCUT2D eigenvalue weighted by atomic mass is 32.2. The molecule has 116 valence electrons. The Hall–Kier alpha value is -0.670. The minimum atomic E-state index is 0.379. The van der Waals surface area contributed by atoms with Gasteiger partial charge in [-0.25, -0.2) is 0 Å². The van der Waals surface area contributed by atoms with E-state index < -0.39 is 0 Å².